The van der Waals surface area contributed by atoms with Crippen molar-refractivity contribution in [1.82, 2.24) is 4.57 Å². The first kappa shape index (κ1) is 15.9. The van der Waals surface area contributed by atoms with Gasteiger partial charge in [-0.2, -0.15) is 0 Å². The van der Waals surface area contributed by atoms with Crippen molar-refractivity contribution in [2.45, 2.75) is 19.9 Å². The quantitative estimate of drug-likeness (QED) is 0.843. The molecule has 0 unspecified atom stereocenters. The molecule has 2 aromatic rings. The van der Waals surface area contributed by atoms with Gasteiger partial charge in [0.05, 0.1) is 12.8 Å². The Bertz CT molecular complexity index is 668. The number of rotatable bonds is 4. The van der Waals surface area contributed by atoms with Crippen LogP contribution in [0.3, 0.4) is 0 Å². The predicted molar refractivity (Wildman–Crippen MR) is 88.5 cm³/mol. The molecule has 1 amide bonds. The highest BCUT2D eigenvalue weighted by Gasteiger charge is 2.16. The van der Waals surface area contributed by atoms with Crippen molar-refractivity contribution in [1.29, 1.82) is 0 Å². The van der Waals surface area contributed by atoms with Gasteiger partial charge in [0.25, 0.3) is 5.91 Å². The zero-order chi connectivity index (χ0) is 15.6. The number of aromatic nitrogens is 1. The van der Waals surface area contributed by atoms with E-state index in [1.165, 1.54) is 0 Å². The van der Waals surface area contributed by atoms with Crippen molar-refractivity contribution in [2.75, 3.05) is 12.4 Å². The molecule has 0 spiro atoms. The molecule has 6 heteroatoms. The Balaban J connectivity index is 2.32. The Morgan fingerprint density at radius 3 is 2.71 bits per heavy atom. The third kappa shape index (κ3) is 3.60. The maximum atomic E-state index is 12.5. The van der Waals surface area contributed by atoms with Crippen LogP contribution in [0.15, 0.2) is 34.9 Å². The summed E-state index contributed by atoms with van der Waals surface area (Å²) in [6, 6.07) is 7.06. The number of benzene rings is 1. The first-order chi connectivity index (χ1) is 9.92. The molecule has 0 saturated carbocycles. The standard InChI is InChI=1S/C15H16BrClN2O2/c1-9(2)19-8-10(16)6-13(19)15(20)18-12-7-11(17)4-5-14(12)21-3/h4-9H,1-3H3,(H,18,20). The van der Waals surface area contributed by atoms with Crippen LogP contribution in [0.2, 0.25) is 5.02 Å². The van der Waals surface area contributed by atoms with Gasteiger partial charge in [0.1, 0.15) is 11.4 Å². The number of nitrogens with one attached hydrogen (secondary N) is 1. The van der Waals surface area contributed by atoms with E-state index in [0.29, 0.717) is 22.2 Å². The number of hydrogen-bond acceptors (Lipinski definition) is 2. The lowest BCUT2D eigenvalue weighted by Crippen LogP contribution is -2.18. The maximum Gasteiger partial charge on any atom is 0.272 e. The van der Waals surface area contributed by atoms with Gasteiger partial charge in [-0.15, -0.1) is 0 Å². The van der Waals surface area contributed by atoms with Crippen molar-refractivity contribution >= 4 is 39.1 Å². The molecule has 0 aliphatic rings. The van der Waals surface area contributed by atoms with Crippen LogP contribution in [0.1, 0.15) is 30.4 Å². The third-order valence-electron chi connectivity index (χ3n) is 3.01. The van der Waals surface area contributed by atoms with E-state index in [1.54, 1.807) is 31.4 Å². The number of methoxy groups -OCH3 is 1. The van der Waals surface area contributed by atoms with E-state index in [-0.39, 0.29) is 11.9 Å². The zero-order valence-electron chi connectivity index (χ0n) is 12.0. The van der Waals surface area contributed by atoms with Gasteiger partial charge in [0.2, 0.25) is 0 Å². The van der Waals surface area contributed by atoms with E-state index < -0.39 is 0 Å². The number of carbonyl (C=O) groups excluding carboxylic acids is 1. The van der Waals surface area contributed by atoms with E-state index in [0.717, 1.165) is 4.47 Å². The Labute approximate surface area is 137 Å². The summed E-state index contributed by atoms with van der Waals surface area (Å²) in [5, 5.41) is 3.37. The molecule has 0 aliphatic carbocycles. The Hall–Kier alpha value is -1.46. The molecule has 4 nitrogen and oxygen atoms in total. The third-order valence-corrected chi connectivity index (χ3v) is 3.68. The number of halogens is 2. The van der Waals surface area contributed by atoms with Crippen molar-refractivity contribution in [3.63, 3.8) is 0 Å². The predicted octanol–water partition coefficient (Wildman–Crippen LogP) is 4.75. The number of hydrogen-bond donors (Lipinski definition) is 1. The average molecular weight is 372 g/mol. The normalized spacial score (nSPS) is 10.8. The van der Waals surface area contributed by atoms with Crippen LogP contribution in [0.25, 0.3) is 0 Å². The van der Waals surface area contributed by atoms with Crippen LogP contribution in [-0.4, -0.2) is 17.6 Å². The topological polar surface area (TPSA) is 43.3 Å². The fourth-order valence-corrected chi connectivity index (χ4v) is 2.63. The van der Waals surface area contributed by atoms with Crippen LogP contribution in [0, 0.1) is 0 Å². The minimum Gasteiger partial charge on any atom is -0.495 e. The minimum absolute atomic E-state index is 0.179. The van der Waals surface area contributed by atoms with Crippen molar-refractivity contribution < 1.29 is 9.53 Å². The second kappa shape index (κ2) is 6.54. The lowest BCUT2D eigenvalue weighted by molar-refractivity contribution is 0.101. The molecule has 1 aromatic carbocycles. The smallest absolute Gasteiger partial charge is 0.272 e. The molecule has 0 radical (unpaired) electrons. The summed E-state index contributed by atoms with van der Waals surface area (Å²) in [7, 11) is 1.55. The van der Waals surface area contributed by atoms with Crippen LogP contribution in [0.4, 0.5) is 5.69 Å². The number of ether oxygens (including phenoxy) is 1. The van der Waals surface area contributed by atoms with Gasteiger partial charge in [-0.25, -0.2) is 0 Å². The molecule has 1 aromatic heterocycles. The summed E-state index contributed by atoms with van der Waals surface area (Å²) in [6.07, 6.45) is 1.88. The fourth-order valence-electron chi connectivity index (χ4n) is 2.02. The SMILES string of the molecule is COc1ccc(Cl)cc1NC(=O)c1cc(Br)cn1C(C)C. The Kier molecular flexibility index (Phi) is 4.96. The summed E-state index contributed by atoms with van der Waals surface area (Å²) in [5.74, 6) is 0.351. The second-order valence-electron chi connectivity index (χ2n) is 4.84. The molecule has 2 rings (SSSR count). The number of anilines is 1. The van der Waals surface area contributed by atoms with Crippen molar-refractivity contribution in [2.24, 2.45) is 0 Å². The summed E-state index contributed by atoms with van der Waals surface area (Å²) >= 11 is 9.37. The highest BCUT2D eigenvalue weighted by atomic mass is 79.9. The van der Waals surface area contributed by atoms with Crippen LogP contribution in [-0.2, 0) is 0 Å². The van der Waals surface area contributed by atoms with Gasteiger partial charge in [-0.05, 0) is 54.0 Å². The van der Waals surface area contributed by atoms with Crippen molar-refractivity contribution in [3.05, 3.63) is 45.7 Å². The highest BCUT2D eigenvalue weighted by molar-refractivity contribution is 9.10. The fraction of sp³-hybridized carbons (Fsp3) is 0.267. The first-order valence-corrected chi connectivity index (χ1v) is 7.61. The second-order valence-corrected chi connectivity index (χ2v) is 6.20. The molecule has 0 atom stereocenters. The number of amides is 1. The van der Waals surface area contributed by atoms with Gasteiger partial charge in [-0.3, -0.25) is 4.79 Å². The molecule has 112 valence electrons. The highest BCUT2D eigenvalue weighted by Crippen LogP contribution is 2.29. The average Bonchev–Trinajstić information content (AvgIpc) is 2.81. The van der Waals surface area contributed by atoms with Crippen LogP contribution in [0.5, 0.6) is 5.75 Å². The molecule has 1 N–H and O–H groups in total. The summed E-state index contributed by atoms with van der Waals surface area (Å²) < 4.78 is 7.99. The van der Waals surface area contributed by atoms with E-state index in [2.05, 4.69) is 21.2 Å². The lowest BCUT2D eigenvalue weighted by Gasteiger charge is -2.14. The number of carbonyl (C=O) groups is 1. The molecule has 0 aliphatic heterocycles. The minimum atomic E-state index is -0.213. The Morgan fingerprint density at radius 2 is 2.10 bits per heavy atom. The van der Waals surface area contributed by atoms with E-state index in [1.807, 2.05) is 24.6 Å². The van der Waals surface area contributed by atoms with Gasteiger partial charge in [-0.1, -0.05) is 11.6 Å². The first-order valence-electron chi connectivity index (χ1n) is 6.44. The van der Waals surface area contributed by atoms with E-state index in [4.69, 9.17) is 16.3 Å². The molecule has 21 heavy (non-hydrogen) atoms. The molecule has 0 saturated heterocycles. The Morgan fingerprint density at radius 1 is 1.38 bits per heavy atom. The van der Waals surface area contributed by atoms with Gasteiger partial charge in [0.15, 0.2) is 0 Å². The van der Waals surface area contributed by atoms with Gasteiger partial charge in [0, 0.05) is 21.7 Å². The van der Waals surface area contributed by atoms with Crippen LogP contribution < -0.4 is 10.1 Å². The van der Waals surface area contributed by atoms with Gasteiger partial charge >= 0.3 is 0 Å². The number of nitrogens with zero attached hydrogens (tertiary/aromatic N) is 1. The molecule has 1 heterocycles. The van der Waals surface area contributed by atoms with Gasteiger partial charge < -0.3 is 14.6 Å². The maximum absolute atomic E-state index is 12.5. The molecular formula is C15H16BrClN2O2. The molecule has 0 bridgehead atoms. The van der Waals surface area contributed by atoms with Crippen molar-refractivity contribution in [3.8, 4) is 5.75 Å². The zero-order valence-corrected chi connectivity index (χ0v) is 14.3. The van der Waals surface area contributed by atoms with E-state index in [9.17, 15) is 4.79 Å². The lowest BCUT2D eigenvalue weighted by atomic mass is 10.2. The van der Waals surface area contributed by atoms with E-state index >= 15 is 0 Å². The largest absolute Gasteiger partial charge is 0.495 e. The molecule has 0 fully saturated rings. The summed E-state index contributed by atoms with van der Waals surface area (Å²) in [5.41, 5.74) is 1.11. The monoisotopic (exact) mass is 370 g/mol. The summed E-state index contributed by atoms with van der Waals surface area (Å²) in [6.45, 7) is 4.03. The summed E-state index contributed by atoms with van der Waals surface area (Å²) in [4.78, 5) is 12.5. The van der Waals surface area contributed by atoms with Crippen LogP contribution >= 0.6 is 27.5 Å². The molecular weight excluding hydrogens is 356 g/mol.